The van der Waals surface area contributed by atoms with Crippen molar-refractivity contribution in [2.45, 2.75) is 44.4 Å². The fourth-order valence-electron chi connectivity index (χ4n) is 4.58. The third-order valence-electron chi connectivity index (χ3n) is 5.56. The topological polar surface area (TPSA) is 17.1 Å². The van der Waals surface area contributed by atoms with E-state index in [4.69, 9.17) is 0 Å². The van der Waals surface area contributed by atoms with Gasteiger partial charge in [-0.05, 0) is 54.6 Å². The molecule has 94 valence electrons. The first-order valence-corrected chi connectivity index (χ1v) is 7.42. The molecule has 0 aliphatic heterocycles. The fraction of sp³-hybridized carbons (Fsp3) is 0.588. The first-order valence-electron chi connectivity index (χ1n) is 7.42. The van der Waals surface area contributed by atoms with Gasteiger partial charge in [0.15, 0.2) is 0 Å². The van der Waals surface area contributed by atoms with Gasteiger partial charge in [0.05, 0.1) is 0 Å². The Hall–Kier alpha value is -1.11. The maximum atomic E-state index is 12.4. The van der Waals surface area contributed by atoms with E-state index < -0.39 is 0 Å². The number of fused-ring (bicyclic) bond motifs is 3. The number of carbonyl (C=O) groups excluding carboxylic acids is 1. The number of rotatable bonds is 3. The predicted octanol–water partition coefficient (Wildman–Crippen LogP) is 3.72. The molecular formula is C17H20O. The van der Waals surface area contributed by atoms with E-state index in [0.717, 1.165) is 24.7 Å². The summed E-state index contributed by atoms with van der Waals surface area (Å²) >= 11 is 0. The minimum Gasteiger partial charge on any atom is -0.299 e. The van der Waals surface area contributed by atoms with Gasteiger partial charge in [0.25, 0.3) is 0 Å². The molecule has 18 heavy (non-hydrogen) atoms. The number of hydrogen-bond acceptors (Lipinski definition) is 1. The average molecular weight is 240 g/mol. The lowest BCUT2D eigenvalue weighted by molar-refractivity contribution is -0.124. The molecule has 2 saturated carbocycles. The summed E-state index contributed by atoms with van der Waals surface area (Å²) in [5.74, 6) is 3.17. The molecule has 1 nitrogen and oxygen atoms in total. The summed E-state index contributed by atoms with van der Waals surface area (Å²) in [6.07, 6.45) is 7.20. The van der Waals surface area contributed by atoms with Crippen molar-refractivity contribution in [3.63, 3.8) is 0 Å². The van der Waals surface area contributed by atoms with Gasteiger partial charge in [-0.15, -0.1) is 0 Å². The van der Waals surface area contributed by atoms with Crippen molar-refractivity contribution in [2.24, 2.45) is 17.8 Å². The molecule has 0 aromatic heterocycles. The first-order chi connectivity index (χ1) is 8.81. The van der Waals surface area contributed by atoms with Crippen molar-refractivity contribution >= 4 is 5.78 Å². The minimum atomic E-state index is 0.427. The molecule has 2 bridgehead atoms. The summed E-state index contributed by atoms with van der Waals surface area (Å²) in [6.45, 7) is 0. The molecule has 3 aliphatic carbocycles. The Bertz CT molecular complexity index is 490. The molecular weight excluding hydrogens is 220 g/mol. The molecule has 4 unspecified atom stereocenters. The van der Waals surface area contributed by atoms with Crippen LogP contribution in [-0.4, -0.2) is 5.78 Å². The zero-order valence-corrected chi connectivity index (χ0v) is 10.8. The van der Waals surface area contributed by atoms with E-state index in [1.54, 1.807) is 0 Å². The monoisotopic (exact) mass is 240 g/mol. The van der Waals surface area contributed by atoms with Gasteiger partial charge in [0.1, 0.15) is 5.78 Å². The van der Waals surface area contributed by atoms with Crippen molar-refractivity contribution in [3.05, 3.63) is 35.4 Å². The molecule has 1 aromatic rings. The second-order valence-corrected chi connectivity index (χ2v) is 6.55. The largest absolute Gasteiger partial charge is 0.299 e. The summed E-state index contributed by atoms with van der Waals surface area (Å²) in [7, 11) is 0. The van der Waals surface area contributed by atoms with E-state index in [1.807, 2.05) is 0 Å². The van der Waals surface area contributed by atoms with Crippen LogP contribution in [0.4, 0.5) is 0 Å². The van der Waals surface area contributed by atoms with Crippen LogP contribution in [0.5, 0.6) is 0 Å². The van der Waals surface area contributed by atoms with Gasteiger partial charge in [-0.3, -0.25) is 4.79 Å². The Morgan fingerprint density at radius 1 is 1.17 bits per heavy atom. The number of benzene rings is 1. The Morgan fingerprint density at radius 3 is 2.78 bits per heavy atom. The smallest absolute Gasteiger partial charge is 0.136 e. The highest BCUT2D eigenvalue weighted by Crippen LogP contribution is 2.50. The number of carbonyl (C=O) groups is 1. The summed E-state index contributed by atoms with van der Waals surface area (Å²) in [6, 6.07) is 8.62. The lowest BCUT2D eigenvalue weighted by atomic mass is 9.72. The SMILES string of the molecule is O=C(CC1Cc2ccccc21)C1CC2CCC1C2. The van der Waals surface area contributed by atoms with E-state index in [1.165, 1.54) is 36.8 Å². The van der Waals surface area contributed by atoms with Gasteiger partial charge in [0, 0.05) is 12.3 Å². The molecule has 0 amide bonds. The summed E-state index contributed by atoms with van der Waals surface area (Å²) in [5, 5.41) is 0. The van der Waals surface area contributed by atoms with Gasteiger partial charge in [-0.2, -0.15) is 0 Å². The summed E-state index contributed by atoms with van der Waals surface area (Å²) in [4.78, 5) is 12.4. The standard InChI is InChI=1S/C17H20O/c18-17(16-8-11-5-6-13(16)7-11)10-14-9-12-3-1-2-4-15(12)14/h1-4,11,13-14,16H,5-10H2. The molecule has 2 fully saturated rings. The van der Waals surface area contributed by atoms with E-state index in [9.17, 15) is 4.79 Å². The van der Waals surface area contributed by atoms with E-state index >= 15 is 0 Å². The molecule has 0 spiro atoms. The first kappa shape index (κ1) is 10.8. The molecule has 0 N–H and O–H groups in total. The number of ketones is 1. The van der Waals surface area contributed by atoms with Crippen LogP contribution in [-0.2, 0) is 11.2 Å². The lowest BCUT2D eigenvalue weighted by Gasteiger charge is -2.31. The summed E-state index contributed by atoms with van der Waals surface area (Å²) in [5.41, 5.74) is 2.90. The second-order valence-electron chi connectivity index (χ2n) is 6.55. The average Bonchev–Trinajstić information content (AvgIpc) is 2.98. The maximum Gasteiger partial charge on any atom is 0.136 e. The van der Waals surface area contributed by atoms with Crippen molar-refractivity contribution in [3.8, 4) is 0 Å². The third-order valence-corrected chi connectivity index (χ3v) is 5.56. The highest BCUT2D eigenvalue weighted by Gasteiger charge is 2.43. The van der Waals surface area contributed by atoms with Crippen LogP contribution in [0.25, 0.3) is 0 Å². The Labute approximate surface area is 109 Å². The Morgan fingerprint density at radius 2 is 2.06 bits per heavy atom. The van der Waals surface area contributed by atoms with Crippen molar-refractivity contribution in [1.82, 2.24) is 0 Å². The van der Waals surface area contributed by atoms with E-state index in [2.05, 4.69) is 24.3 Å². The van der Waals surface area contributed by atoms with Gasteiger partial charge >= 0.3 is 0 Å². The van der Waals surface area contributed by atoms with Crippen LogP contribution in [0.2, 0.25) is 0 Å². The highest BCUT2D eigenvalue weighted by molar-refractivity contribution is 5.83. The summed E-state index contributed by atoms with van der Waals surface area (Å²) < 4.78 is 0. The highest BCUT2D eigenvalue weighted by atomic mass is 16.1. The van der Waals surface area contributed by atoms with Gasteiger partial charge in [0.2, 0.25) is 0 Å². The predicted molar refractivity (Wildman–Crippen MR) is 71.4 cm³/mol. The van der Waals surface area contributed by atoms with Crippen molar-refractivity contribution in [2.75, 3.05) is 0 Å². The molecule has 0 heterocycles. The van der Waals surface area contributed by atoms with Crippen LogP contribution in [0.1, 0.15) is 49.1 Å². The van der Waals surface area contributed by atoms with Gasteiger partial charge in [-0.25, -0.2) is 0 Å². The van der Waals surface area contributed by atoms with E-state index in [-0.39, 0.29) is 0 Å². The lowest BCUT2D eigenvalue weighted by Crippen LogP contribution is -2.26. The van der Waals surface area contributed by atoms with Crippen molar-refractivity contribution < 1.29 is 4.79 Å². The zero-order chi connectivity index (χ0) is 12.1. The third kappa shape index (κ3) is 1.56. The van der Waals surface area contributed by atoms with Gasteiger partial charge < -0.3 is 0 Å². The van der Waals surface area contributed by atoms with Crippen LogP contribution < -0.4 is 0 Å². The minimum absolute atomic E-state index is 0.427. The molecule has 1 aromatic carbocycles. The molecule has 1 heteroatoms. The second kappa shape index (κ2) is 3.94. The Balaban J connectivity index is 1.43. The number of hydrogen-bond donors (Lipinski definition) is 0. The van der Waals surface area contributed by atoms with Crippen molar-refractivity contribution in [1.29, 1.82) is 0 Å². The normalized spacial score (nSPS) is 36.2. The molecule has 4 atom stereocenters. The van der Waals surface area contributed by atoms with Crippen LogP contribution in [0.15, 0.2) is 24.3 Å². The Kier molecular flexibility index (Phi) is 2.36. The molecule has 0 radical (unpaired) electrons. The molecule has 4 rings (SSSR count). The van der Waals surface area contributed by atoms with Crippen LogP contribution in [0, 0.1) is 17.8 Å². The number of Topliss-reactive ketones (excluding diaryl/α,β-unsaturated/α-hetero) is 1. The molecule has 3 aliphatic rings. The van der Waals surface area contributed by atoms with Gasteiger partial charge in [-0.1, -0.05) is 30.7 Å². The van der Waals surface area contributed by atoms with Crippen LogP contribution >= 0.6 is 0 Å². The maximum absolute atomic E-state index is 12.4. The fourth-order valence-corrected chi connectivity index (χ4v) is 4.58. The zero-order valence-electron chi connectivity index (χ0n) is 10.8. The van der Waals surface area contributed by atoms with E-state index in [0.29, 0.717) is 17.6 Å². The molecule has 0 saturated heterocycles. The van der Waals surface area contributed by atoms with Crippen LogP contribution in [0.3, 0.4) is 0 Å². The quantitative estimate of drug-likeness (QED) is 0.787.